The van der Waals surface area contributed by atoms with Gasteiger partial charge in [-0.1, -0.05) is 0 Å². The highest BCUT2D eigenvalue weighted by Gasteiger charge is 2.30. The monoisotopic (exact) mass is 375 g/mol. The molecular formula is C18H21N3O4S. The zero-order valence-electron chi connectivity index (χ0n) is 14.7. The molecule has 1 aliphatic carbocycles. The molecule has 1 unspecified atom stereocenters. The van der Waals surface area contributed by atoms with Crippen LogP contribution in [0.2, 0.25) is 0 Å². The fourth-order valence-corrected chi connectivity index (χ4v) is 4.59. The molecule has 1 N–H and O–H groups in total. The van der Waals surface area contributed by atoms with Gasteiger partial charge in [0.15, 0.2) is 6.61 Å². The maximum absolute atomic E-state index is 12.1. The molecule has 138 valence electrons. The van der Waals surface area contributed by atoms with Gasteiger partial charge in [-0.15, -0.1) is 11.3 Å². The van der Waals surface area contributed by atoms with Gasteiger partial charge in [0.25, 0.3) is 5.91 Å². The van der Waals surface area contributed by atoms with Crippen LogP contribution in [-0.4, -0.2) is 42.9 Å². The number of ether oxygens (including phenoxy) is 1. The predicted octanol–water partition coefficient (Wildman–Crippen LogP) is 1.85. The highest BCUT2D eigenvalue weighted by Crippen LogP contribution is 2.37. The fourth-order valence-electron chi connectivity index (χ4n) is 3.33. The molecule has 26 heavy (non-hydrogen) atoms. The lowest BCUT2D eigenvalue weighted by molar-refractivity contribution is -0.155. The number of amides is 2. The van der Waals surface area contributed by atoms with Crippen molar-refractivity contribution in [3.05, 3.63) is 16.0 Å². The molecule has 0 radical (unpaired) electrons. The number of nitrogens with zero attached hydrogens (tertiary/aromatic N) is 2. The number of hydrogen-bond acceptors (Lipinski definition) is 6. The lowest BCUT2D eigenvalue weighted by atomic mass is 9.96. The van der Waals surface area contributed by atoms with Crippen LogP contribution in [0, 0.1) is 17.2 Å². The first-order chi connectivity index (χ1) is 12.5. The maximum Gasteiger partial charge on any atom is 0.310 e. The first-order valence-corrected chi connectivity index (χ1v) is 9.56. The fraction of sp³-hybridized carbons (Fsp3) is 0.556. The van der Waals surface area contributed by atoms with Gasteiger partial charge in [0, 0.05) is 24.9 Å². The number of anilines is 1. The van der Waals surface area contributed by atoms with Crippen LogP contribution in [0.15, 0.2) is 0 Å². The largest absolute Gasteiger partial charge is 0.455 e. The summed E-state index contributed by atoms with van der Waals surface area (Å²) < 4.78 is 5.07. The molecule has 0 spiro atoms. The Morgan fingerprint density at radius 1 is 1.38 bits per heavy atom. The van der Waals surface area contributed by atoms with E-state index in [0.29, 0.717) is 23.5 Å². The van der Waals surface area contributed by atoms with E-state index in [1.54, 1.807) is 11.9 Å². The van der Waals surface area contributed by atoms with Crippen LogP contribution < -0.4 is 5.32 Å². The Morgan fingerprint density at radius 3 is 2.88 bits per heavy atom. The number of carbonyl (C=O) groups is 3. The summed E-state index contributed by atoms with van der Waals surface area (Å²) in [5.41, 5.74) is 1.58. The van der Waals surface area contributed by atoms with Crippen LogP contribution in [0.25, 0.3) is 0 Å². The van der Waals surface area contributed by atoms with Crippen molar-refractivity contribution in [2.24, 2.45) is 5.92 Å². The zero-order valence-corrected chi connectivity index (χ0v) is 15.5. The SMILES string of the molecule is CN1CCC(C(=O)OCC(=O)Nc2sc3c(c2C#N)CCCC3)CC1=O. The molecule has 1 aromatic rings. The Bertz CT molecular complexity index is 780. The molecule has 7 nitrogen and oxygen atoms in total. The highest BCUT2D eigenvalue weighted by atomic mass is 32.1. The highest BCUT2D eigenvalue weighted by molar-refractivity contribution is 7.16. The molecule has 1 atom stereocenters. The van der Waals surface area contributed by atoms with Crippen molar-refractivity contribution >= 4 is 34.1 Å². The first kappa shape index (κ1) is 18.4. The molecule has 3 rings (SSSR count). The number of nitriles is 1. The van der Waals surface area contributed by atoms with Crippen LogP contribution in [-0.2, 0) is 32.0 Å². The van der Waals surface area contributed by atoms with Crippen LogP contribution in [0.3, 0.4) is 0 Å². The molecule has 0 saturated carbocycles. The first-order valence-electron chi connectivity index (χ1n) is 8.74. The van der Waals surface area contributed by atoms with Gasteiger partial charge < -0.3 is 15.0 Å². The number of likely N-dealkylation sites (tertiary alicyclic amines) is 1. The third kappa shape index (κ3) is 3.88. The van der Waals surface area contributed by atoms with Crippen molar-refractivity contribution in [2.45, 2.75) is 38.5 Å². The molecule has 2 aliphatic rings. The lowest BCUT2D eigenvalue weighted by Crippen LogP contribution is -2.39. The molecular weight excluding hydrogens is 354 g/mol. The minimum Gasteiger partial charge on any atom is -0.455 e. The average Bonchev–Trinajstić information content (AvgIpc) is 2.98. The zero-order chi connectivity index (χ0) is 18.7. The summed E-state index contributed by atoms with van der Waals surface area (Å²) in [4.78, 5) is 38.6. The predicted molar refractivity (Wildman–Crippen MR) is 95.6 cm³/mol. The van der Waals surface area contributed by atoms with Crippen LogP contribution in [0.1, 0.15) is 41.7 Å². The Kier molecular flexibility index (Phi) is 5.57. The maximum atomic E-state index is 12.1. The van der Waals surface area contributed by atoms with Crippen LogP contribution in [0.4, 0.5) is 5.00 Å². The standard InChI is InChI=1S/C18H21N3O4S/c1-21-7-6-11(8-16(21)23)18(24)25-10-15(22)20-17-13(9-19)12-4-2-3-5-14(12)26-17/h11H,2-8,10H2,1H3,(H,20,22). The summed E-state index contributed by atoms with van der Waals surface area (Å²) in [5, 5.41) is 12.6. The number of thiophene rings is 1. The van der Waals surface area contributed by atoms with Gasteiger partial charge in [-0.25, -0.2) is 0 Å². The number of esters is 1. The van der Waals surface area contributed by atoms with Gasteiger partial charge in [0.2, 0.25) is 5.91 Å². The van der Waals surface area contributed by atoms with E-state index in [4.69, 9.17) is 4.74 Å². The Hall–Kier alpha value is -2.40. The van der Waals surface area contributed by atoms with E-state index in [-0.39, 0.29) is 12.3 Å². The summed E-state index contributed by atoms with van der Waals surface area (Å²) in [6.07, 6.45) is 4.61. The topological polar surface area (TPSA) is 99.5 Å². The van der Waals surface area contributed by atoms with Gasteiger partial charge in [-0.3, -0.25) is 14.4 Å². The molecule has 2 amide bonds. The lowest BCUT2D eigenvalue weighted by Gasteiger charge is -2.27. The molecule has 2 heterocycles. The number of fused-ring (bicyclic) bond motifs is 1. The van der Waals surface area contributed by atoms with Gasteiger partial charge in [-0.05, 0) is 37.7 Å². The van der Waals surface area contributed by atoms with E-state index in [1.807, 2.05) is 0 Å². The van der Waals surface area contributed by atoms with E-state index in [1.165, 1.54) is 11.3 Å². The van der Waals surface area contributed by atoms with E-state index >= 15 is 0 Å². The minimum atomic E-state index is -0.521. The van der Waals surface area contributed by atoms with Crippen molar-refractivity contribution in [3.8, 4) is 6.07 Å². The van der Waals surface area contributed by atoms with Crippen molar-refractivity contribution < 1.29 is 19.1 Å². The van der Waals surface area contributed by atoms with Crippen molar-refractivity contribution in [1.82, 2.24) is 4.90 Å². The molecule has 1 aromatic heterocycles. The molecule has 1 aliphatic heterocycles. The molecule has 0 bridgehead atoms. The second-order valence-electron chi connectivity index (χ2n) is 6.69. The summed E-state index contributed by atoms with van der Waals surface area (Å²) >= 11 is 1.43. The van der Waals surface area contributed by atoms with Crippen LogP contribution in [0.5, 0.6) is 0 Å². The van der Waals surface area contributed by atoms with E-state index in [0.717, 1.165) is 36.1 Å². The van der Waals surface area contributed by atoms with E-state index in [9.17, 15) is 19.6 Å². The minimum absolute atomic E-state index is 0.0921. The summed E-state index contributed by atoms with van der Waals surface area (Å²) in [6.45, 7) is 0.101. The smallest absolute Gasteiger partial charge is 0.310 e. The van der Waals surface area contributed by atoms with Gasteiger partial charge in [-0.2, -0.15) is 5.26 Å². The molecule has 0 aromatic carbocycles. The molecule has 1 fully saturated rings. The number of nitrogens with one attached hydrogen (secondary N) is 1. The van der Waals surface area contributed by atoms with Crippen LogP contribution >= 0.6 is 11.3 Å². The number of rotatable bonds is 4. The van der Waals surface area contributed by atoms with Gasteiger partial charge in [0.05, 0.1) is 11.5 Å². The second-order valence-corrected chi connectivity index (χ2v) is 7.79. The van der Waals surface area contributed by atoms with Gasteiger partial charge >= 0.3 is 5.97 Å². The number of piperidine rings is 1. The summed E-state index contributed by atoms with van der Waals surface area (Å²) in [5.74, 6) is -1.57. The molecule has 8 heteroatoms. The number of carbonyl (C=O) groups excluding carboxylic acids is 3. The number of aryl methyl sites for hydroxylation is 1. The third-order valence-electron chi connectivity index (χ3n) is 4.87. The quantitative estimate of drug-likeness (QED) is 0.810. The van der Waals surface area contributed by atoms with E-state index in [2.05, 4.69) is 11.4 Å². The van der Waals surface area contributed by atoms with Crippen molar-refractivity contribution in [1.29, 1.82) is 5.26 Å². The average molecular weight is 375 g/mol. The summed E-state index contributed by atoms with van der Waals surface area (Å²) in [6, 6.07) is 2.18. The third-order valence-corrected chi connectivity index (χ3v) is 6.08. The van der Waals surface area contributed by atoms with Crippen molar-refractivity contribution in [2.75, 3.05) is 25.5 Å². The molecule has 1 saturated heterocycles. The van der Waals surface area contributed by atoms with Crippen molar-refractivity contribution in [3.63, 3.8) is 0 Å². The van der Waals surface area contributed by atoms with Gasteiger partial charge in [0.1, 0.15) is 11.1 Å². The Labute approximate surface area is 155 Å². The normalized spacial score (nSPS) is 19.5. The second kappa shape index (κ2) is 7.87. The summed E-state index contributed by atoms with van der Waals surface area (Å²) in [7, 11) is 1.70. The van der Waals surface area contributed by atoms with E-state index < -0.39 is 24.4 Å². The number of hydrogen-bond donors (Lipinski definition) is 1. The Balaban J connectivity index is 1.55. The Morgan fingerprint density at radius 2 is 2.15 bits per heavy atom.